The van der Waals surface area contributed by atoms with Crippen LogP contribution in [0.15, 0.2) is 30.3 Å². The van der Waals surface area contributed by atoms with Gasteiger partial charge in [-0.2, -0.15) is 0 Å². The summed E-state index contributed by atoms with van der Waals surface area (Å²) in [4.78, 5) is 13.9. The molecule has 3 nitrogen and oxygen atoms in total. The predicted octanol–water partition coefficient (Wildman–Crippen LogP) is 2.78. The van der Waals surface area contributed by atoms with Gasteiger partial charge in [-0.3, -0.25) is 4.79 Å². The molecule has 1 aliphatic rings. The van der Waals surface area contributed by atoms with E-state index >= 15 is 0 Å². The van der Waals surface area contributed by atoms with Crippen LogP contribution in [0.4, 0.5) is 5.69 Å². The number of hydrogen-bond acceptors (Lipinski definition) is 2. The van der Waals surface area contributed by atoms with Crippen molar-refractivity contribution in [2.45, 2.75) is 36.8 Å². The van der Waals surface area contributed by atoms with E-state index in [1.165, 1.54) is 0 Å². The van der Waals surface area contributed by atoms with Crippen LogP contribution in [0, 0.1) is 0 Å². The van der Waals surface area contributed by atoms with Crippen LogP contribution >= 0.6 is 23.2 Å². The topological polar surface area (TPSA) is 40.5 Å². The van der Waals surface area contributed by atoms with Crippen LogP contribution < -0.4 is 4.90 Å². The van der Waals surface area contributed by atoms with Gasteiger partial charge in [-0.05, 0) is 25.0 Å². The summed E-state index contributed by atoms with van der Waals surface area (Å²) in [6.07, 6.45) is 0.795. The standard InChI is InChI=1S/C14H17Cl2NO2/c15-7-6-14(19)17(11-4-2-1-3-5-11)12-8-10(16)9-13(12)18/h1-5,10,12-13,18H,6-9H2. The van der Waals surface area contributed by atoms with Crippen molar-refractivity contribution in [3.8, 4) is 0 Å². The van der Waals surface area contributed by atoms with Gasteiger partial charge in [-0.15, -0.1) is 23.2 Å². The molecule has 1 aromatic carbocycles. The number of aliphatic hydroxyl groups is 1. The van der Waals surface area contributed by atoms with Gasteiger partial charge in [0.15, 0.2) is 0 Å². The number of halogens is 2. The molecule has 1 fully saturated rings. The Morgan fingerprint density at radius 1 is 1.32 bits per heavy atom. The summed E-state index contributed by atoms with van der Waals surface area (Å²) in [5, 5.41) is 10.0. The molecule has 2 rings (SSSR count). The maximum Gasteiger partial charge on any atom is 0.228 e. The lowest BCUT2D eigenvalue weighted by Gasteiger charge is -2.31. The molecule has 0 saturated heterocycles. The van der Waals surface area contributed by atoms with Crippen LogP contribution in [-0.4, -0.2) is 34.4 Å². The Labute approximate surface area is 123 Å². The first-order valence-corrected chi connectivity index (χ1v) is 7.35. The van der Waals surface area contributed by atoms with E-state index in [0.29, 0.717) is 12.8 Å². The smallest absolute Gasteiger partial charge is 0.228 e. The van der Waals surface area contributed by atoms with Crippen molar-refractivity contribution in [3.63, 3.8) is 0 Å². The van der Waals surface area contributed by atoms with Gasteiger partial charge in [0.25, 0.3) is 0 Å². The second-order valence-electron chi connectivity index (χ2n) is 4.74. The summed E-state index contributed by atoms with van der Waals surface area (Å²) in [7, 11) is 0. The number of benzene rings is 1. The van der Waals surface area contributed by atoms with E-state index in [-0.39, 0.29) is 29.6 Å². The summed E-state index contributed by atoms with van der Waals surface area (Å²) >= 11 is 11.8. The Morgan fingerprint density at radius 2 is 2.00 bits per heavy atom. The minimum Gasteiger partial charge on any atom is -0.391 e. The molecule has 0 aromatic heterocycles. The first kappa shape index (κ1) is 14.6. The van der Waals surface area contributed by atoms with Crippen molar-refractivity contribution in [2.24, 2.45) is 0 Å². The highest BCUT2D eigenvalue weighted by atomic mass is 35.5. The quantitative estimate of drug-likeness (QED) is 0.869. The fourth-order valence-corrected chi connectivity index (χ4v) is 3.05. The molecule has 3 atom stereocenters. The molecule has 5 heteroatoms. The lowest BCUT2D eigenvalue weighted by molar-refractivity contribution is -0.119. The van der Waals surface area contributed by atoms with Gasteiger partial charge in [0, 0.05) is 23.4 Å². The van der Waals surface area contributed by atoms with E-state index in [4.69, 9.17) is 23.2 Å². The third-order valence-electron chi connectivity index (χ3n) is 3.38. The van der Waals surface area contributed by atoms with Crippen molar-refractivity contribution < 1.29 is 9.90 Å². The number of nitrogens with zero attached hydrogens (tertiary/aromatic N) is 1. The number of hydrogen-bond donors (Lipinski definition) is 1. The zero-order chi connectivity index (χ0) is 13.8. The Kier molecular flexibility index (Phi) is 5.08. The Hall–Kier alpha value is -0.770. The summed E-state index contributed by atoms with van der Waals surface area (Å²) in [6, 6.07) is 9.09. The van der Waals surface area contributed by atoms with Gasteiger partial charge in [0.2, 0.25) is 5.91 Å². The van der Waals surface area contributed by atoms with E-state index in [1.54, 1.807) is 4.90 Å². The lowest BCUT2D eigenvalue weighted by atomic mass is 10.1. The second-order valence-corrected chi connectivity index (χ2v) is 5.74. The molecule has 1 saturated carbocycles. The highest BCUT2D eigenvalue weighted by Gasteiger charge is 2.38. The van der Waals surface area contributed by atoms with Gasteiger partial charge in [0.05, 0.1) is 12.1 Å². The minimum absolute atomic E-state index is 0.0731. The SMILES string of the molecule is O=C(CCCl)N(c1ccccc1)C1CC(Cl)CC1O. The summed E-state index contributed by atoms with van der Waals surface area (Å²) in [5.74, 6) is 0.200. The maximum atomic E-state index is 12.3. The highest BCUT2D eigenvalue weighted by molar-refractivity contribution is 6.21. The van der Waals surface area contributed by atoms with Gasteiger partial charge < -0.3 is 10.0 Å². The van der Waals surface area contributed by atoms with Crippen LogP contribution in [0.3, 0.4) is 0 Å². The summed E-state index contributed by atoms with van der Waals surface area (Å²) < 4.78 is 0. The fourth-order valence-electron chi connectivity index (χ4n) is 2.52. The van der Waals surface area contributed by atoms with E-state index in [1.807, 2.05) is 30.3 Å². The number of rotatable bonds is 4. The predicted molar refractivity (Wildman–Crippen MR) is 77.9 cm³/mol. The Morgan fingerprint density at radius 3 is 2.53 bits per heavy atom. The van der Waals surface area contributed by atoms with E-state index < -0.39 is 6.10 Å². The number of amides is 1. The van der Waals surface area contributed by atoms with Gasteiger partial charge in [-0.25, -0.2) is 0 Å². The first-order chi connectivity index (χ1) is 9.13. The molecular formula is C14H17Cl2NO2. The third kappa shape index (κ3) is 3.41. The zero-order valence-corrected chi connectivity index (χ0v) is 12.0. The van der Waals surface area contributed by atoms with Gasteiger partial charge in [-0.1, -0.05) is 18.2 Å². The Bertz CT molecular complexity index is 427. The van der Waals surface area contributed by atoms with Crippen molar-refractivity contribution in [3.05, 3.63) is 30.3 Å². The molecule has 0 radical (unpaired) electrons. The molecule has 0 heterocycles. The molecule has 3 unspecified atom stereocenters. The fraction of sp³-hybridized carbons (Fsp3) is 0.500. The normalized spacial score (nSPS) is 26.4. The summed E-state index contributed by atoms with van der Waals surface area (Å²) in [5.41, 5.74) is 0.785. The van der Waals surface area contributed by atoms with Crippen LogP contribution in [0.2, 0.25) is 0 Å². The van der Waals surface area contributed by atoms with Gasteiger partial charge in [0.1, 0.15) is 0 Å². The first-order valence-electron chi connectivity index (χ1n) is 6.38. The van der Waals surface area contributed by atoms with Crippen LogP contribution in [0.5, 0.6) is 0 Å². The summed E-state index contributed by atoms with van der Waals surface area (Å²) in [6.45, 7) is 0. The number of aliphatic hydroxyl groups excluding tert-OH is 1. The number of para-hydroxylation sites is 1. The van der Waals surface area contributed by atoms with Crippen molar-refractivity contribution >= 4 is 34.8 Å². The minimum atomic E-state index is -0.581. The van der Waals surface area contributed by atoms with Crippen molar-refractivity contribution in [1.82, 2.24) is 0 Å². The molecule has 1 N–H and O–H groups in total. The Balaban J connectivity index is 2.27. The lowest BCUT2D eigenvalue weighted by Crippen LogP contribution is -2.45. The molecule has 19 heavy (non-hydrogen) atoms. The van der Waals surface area contributed by atoms with E-state index in [2.05, 4.69) is 0 Å². The number of carbonyl (C=O) groups excluding carboxylic acids is 1. The number of alkyl halides is 2. The van der Waals surface area contributed by atoms with Gasteiger partial charge >= 0.3 is 0 Å². The largest absolute Gasteiger partial charge is 0.391 e. The molecule has 104 valence electrons. The van der Waals surface area contributed by atoms with Crippen molar-refractivity contribution in [2.75, 3.05) is 10.8 Å². The average molecular weight is 302 g/mol. The average Bonchev–Trinajstić information content (AvgIpc) is 2.70. The number of anilines is 1. The molecule has 0 aliphatic heterocycles. The molecule has 0 spiro atoms. The van der Waals surface area contributed by atoms with E-state index in [9.17, 15) is 9.90 Å². The molecule has 0 bridgehead atoms. The number of carbonyl (C=O) groups is 1. The molecule has 1 amide bonds. The zero-order valence-electron chi connectivity index (χ0n) is 10.5. The molecule has 1 aromatic rings. The molecule has 1 aliphatic carbocycles. The second kappa shape index (κ2) is 6.60. The monoisotopic (exact) mass is 301 g/mol. The van der Waals surface area contributed by atoms with Crippen molar-refractivity contribution in [1.29, 1.82) is 0 Å². The third-order valence-corrected chi connectivity index (χ3v) is 3.93. The highest BCUT2D eigenvalue weighted by Crippen LogP contribution is 2.32. The van der Waals surface area contributed by atoms with E-state index in [0.717, 1.165) is 5.69 Å². The molecular weight excluding hydrogens is 285 g/mol. The van der Waals surface area contributed by atoms with Crippen LogP contribution in [0.1, 0.15) is 19.3 Å². The van der Waals surface area contributed by atoms with Crippen LogP contribution in [0.25, 0.3) is 0 Å². The van der Waals surface area contributed by atoms with Crippen LogP contribution in [-0.2, 0) is 4.79 Å². The maximum absolute atomic E-state index is 12.3.